The van der Waals surface area contributed by atoms with E-state index in [4.69, 9.17) is 27.9 Å². The summed E-state index contributed by atoms with van der Waals surface area (Å²) in [4.78, 5) is 12.0. The maximum atomic E-state index is 12.0. The SMILES string of the molecule is COc1ccc(CNC(=O)c2cc(Cl)cc(Cl)c2)cc1. The Hall–Kier alpha value is -1.71. The van der Waals surface area contributed by atoms with Gasteiger partial charge in [0.05, 0.1) is 7.11 Å². The molecule has 0 unspecified atom stereocenters. The van der Waals surface area contributed by atoms with E-state index in [9.17, 15) is 4.79 Å². The van der Waals surface area contributed by atoms with Crippen molar-refractivity contribution in [1.29, 1.82) is 0 Å². The second kappa shape index (κ2) is 6.64. The molecule has 0 spiro atoms. The molecule has 0 aromatic heterocycles. The lowest BCUT2D eigenvalue weighted by Crippen LogP contribution is -2.22. The molecule has 2 aromatic carbocycles. The molecule has 0 bridgehead atoms. The van der Waals surface area contributed by atoms with E-state index < -0.39 is 0 Å². The van der Waals surface area contributed by atoms with Crippen LogP contribution in [0.15, 0.2) is 42.5 Å². The monoisotopic (exact) mass is 309 g/mol. The summed E-state index contributed by atoms with van der Waals surface area (Å²) in [6, 6.07) is 12.2. The van der Waals surface area contributed by atoms with Crippen molar-refractivity contribution in [2.45, 2.75) is 6.54 Å². The normalized spacial score (nSPS) is 10.2. The molecule has 104 valence electrons. The molecule has 0 heterocycles. The van der Waals surface area contributed by atoms with Gasteiger partial charge in [-0.2, -0.15) is 0 Å². The second-order valence-corrected chi connectivity index (χ2v) is 5.06. The number of ether oxygens (including phenoxy) is 1. The summed E-state index contributed by atoms with van der Waals surface area (Å²) in [7, 11) is 1.61. The first kappa shape index (κ1) is 14.7. The number of halogens is 2. The molecule has 0 saturated carbocycles. The second-order valence-electron chi connectivity index (χ2n) is 4.19. The molecular weight excluding hydrogens is 297 g/mol. The summed E-state index contributed by atoms with van der Waals surface area (Å²) in [5.74, 6) is 0.562. The molecule has 20 heavy (non-hydrogen) atoms. The minimum Gasteiger partial charge on any atom is -0.497 e. The summed E-state index contributed by atoms with van der Waals surface area (Å²) in [6.45, 7) is 0.424. The minimum atomic E-state index is -0.217. The summed E-state index contributed by atoms with van der Waals surface area (Å²) in [5, 5.41) is 3.68. The van der Waals surface area contributed by atoms with Gasteiger partial charge in [0.15, 0.2) is 0 Å². The summed E-state index contributed by atoms with van der Waals surface area (Å²) >= 11 is 11.7. The van der Waals surface area contributed by atoms with E-state index in [-0.39, 0.29) is 5.91 Å². The highest BCUT2D eigenvalue weighted by molar-refractivity contribution is 6.35. The van der Waals surface area contributed by atoms with E-state index in [1.165, 1.54) is 0 Å². The molecule has 0 aliphatic rings. The van der Waals surface area contributed by atoms with E-state index in [2.05, 4.69) is 5.32 Å². The van der Waals surface area contributed by atoms with Crippen LogP contribution in [0.2, 0.25) is 10.0 Å². The van der Waals surface area contributed by atoms with Gasteiger partial charge >= 0.3 is 0 Å². The zero-order valence-electron chi connectivity index (χ0n) is 10.8. The van der Waals surface area contributed by atoms with Gasteiger partial charge in [0, 0.05) is 22.2 Å². The van der Waals surface area contributed by atoms with E-state index in [1.54, 1.807) is 25.3 Å². The molecule has 2 rings (SSSR count). The predicted molar refractivity (Wildman–Crippen MR) is 80.6 cm³/mol. The van der Waals surface area contributed by atoms with Gasteiger partial charge in [0.2, 0.25) is 0 Å². The lowest BCUT2D eigenvalue weighted by Gasteiger charge is -2.07. The summed E-state index contributed by atoms with van der Waals surface area (Å²) in [6.07, 6.45) is 0. The minimum absolute atomic E-state index is 0.217. The van der Waals surface area contributed by atoms with Crippen LogP contribution < -0.4 is 10.1 Å². The fraction of sp³-hybridized carbons (Fsp3) is 0.133. The molecule has 5 heteroatoms. The van der Waals surface area contributed by atoms with E-state index in [0.29, 0.717) is 22.2 Å². The average molecular weight is 310 g/mol. The highest BCUT2D eigenvalue weighted by Gasteiger charge is 2.07. The van der Waals surface area contributed by atoms with Crippen LogP contribution in [0.1, 0.15) is 15.9 Å². The van der Waals surface area contributed by atoms with Gasteiger partial charge in [-0.05, 0) is 35.9 Å². The van der Waals surface area contributed by atoms with Gasteiger partial charge in [-0.25, -0.2) is 0 Å². The zero-order chi connectivity index (χ0) is 14.5. The number of nitrogens with one attached hydrogen (secondary N) is 1. The molecule has 0 atom stereocenters. The fourth-order valence-electron chi connectivity index (χ4n) is 1.71. The van der Waals surface area contributed by atoms with Crippen LogP contribution in [0.3, 0.4) is 0 Å². The average Bonchev–Trinajstić information content (AvgIpc) is 2.44. The Morgan fingerprint density at radius 2 is 1.70 bits per heavy atom. The van der Waals surface area contributed by atoms with Gasteiger partial charge in [0.1, 0.15) is 5.75 Å². The number of carbonyl (C=O) groups excluding carboxylic acids is 1. The molecule has 2 aromatic rings. The van der Waals surface area contributed by atoms with Crippen LogP contribution >= 0.6 is 23.2 Å². The van der Waals surface area contributed by atoms with Gasteiger partial charge in [-0.3, -0.25) is 4.79 Å². The molecule has 1 N–H and O–H groups in total. The lowest BCUT2D eigenvalue weighted by molar-refractivity contribution is 0.0951. The van der Waals surface area contributed by atoms with Crippen LogP contribution in [0, 0.1) is 0 Å². The lowest BCUT2D eigenvalue weighted by atomic mass is 10.2. The fourth-order valence-corrected chi connectivity index (χ4v) is 2.24. The van der Waals surface area contributed by atoms with E-state index in [1.807, 2.05) is 24.3 Å². The van der Waals surface area contributed by atoms with Crippen molar-refractivity contribution in [3.8, 4) is 5.75 Å². The van der Waals surface area contributed by atoms with Gasteiger partial charge in [-0.15, -0.1) is 0 Å². The number of amides is 1. The molecule has 0 fully saturated rings. The summed E-state index contributed by atoms with van der Waals surface area (Å²) in [5.41, 5.74) is 1.42. The number of hydrogen-bond donors (Lipinski definition) is 1. The summed E-state index contributed by atoms with van der Waals surface area (Å²) < 4.78 is 5.07. The van der Waals surface area contributed by atoms with Gasteiger partial charge in [0.25, 0.3) is 5.91 Å². The molecular formula is C15H13Cl2NO2. The van der Waals surface area contributed by atoms with Crippen molar-refractivity contribution in [2.75, 3.05) is 7.11 Å². The molecule has 3 nitrogen and oxygen atoms in total. The van der Waals surface area contributed by atoms with Gasteiger partial charge < -0.3 is 10.1 Å². The Morgan fingerprint density at radius 1 is 1.10 bits per heavy atom. The molecule has 1 amide bonds. The number of hydrogen-bond acceptors (Lipinski definition) is 2. The van der Waals surface area contributed by atoms with Crippen molar-refractivity contribution in [2.24, 2.45) is 0 Å². The first-order valence-electron chi connectivity index (χ1n) is 5.95. The highest BCUT2D eigenvalue weighted by Crippen LogP contribution is 2.19. The standard InChI is InChI=1S/C15H13Cl2NO2/c1-20-14-4-2-10(3-5-14)9-18-15(19)11-6-12(16)8-13(17)7-11/h2-8H,9H2,1H3,(H,18,19). The van der Waals surface area contributed by atoms with Crippen LogP contribution in [0.4, 0.5) is 0 Å². The maximum absolute atomic E-state index is 12.0. The Labute approximate surface area is 127 Å². The van der Waals surface area contributed by atoms with Crippen LogP contribution in [-0.2, 0) is 6.54 Å². The topological polar surface area (TPSA) is 38.3 Å². The van der Waals surface area contributed by atoms with Crippen molar-refractivity contribution < 1.29 is 9.53 Å². The van der Waals surface area contributed by atoms with Crippen molar-refractivity contribution in [3.05, 3.63) is 63.6 Å². The first-order chi connectivity index (χ1) is 9.58. The molecule has 0 saturated heterocycles. The van der Waals surface area contributed by atoms with Crippen LogP contribution in [-0.4, -0.2) is 13.0 Å². The number of methoxy groups -OCH3 is 1. The van der Waals surface area contributed by atoms with Crippen molar-refractivity contribution in [1.82, 2.24) is 5.32 Å². The maximum Gasteiger partial charge on any atom is 0.251 e. The Morgan fingerprint density at radius 3 is 2.25 bits per heavy atom. The van der Waals surface area contributed by atoms with Crippen LogP contribution in [0.25, 0.3) is 0 Å². The number of benzene rings is 2. The molecule has 0 radical (unpaired) electrons. The van der Waals surface area contributed by atoms with E-state index in [0.717, 1.165) is 11.3 Å². The zero-order valence-corrected chi connectivity index (χ0v) is 12.3. The van der Waals surface area contributed by atoms with Crippen molar-refractivity contribution >= 4 is 29.1 Å². The quantitative estimate of drug-likeness (QED) is 0.929. The Bertz CT molecular complexity index is 592. The number of carbonyl (C=O) groups is 1. The van der Waals surface area contributed by atoms with E-state index >= 15 is 0 Å². The third-order valence-corrected chi connectivity index (χ3v) is 3.17. The Kier molecular flexibility index (Phi) is 4.88. The molecule has 0 aliphatic heterocycles. The predicted octanol–water partition coefficient (Wildman–Crippen LogP) is 3.93. The molecule has 0 aliphatic carbocycles. The van der Waals surface area contributed by atoms with Gasteiger partial charge in [-0.1, -0.05) is 35.3 Å². The smallest absolute Gasteiger partial charge is 0.251 e. The first-order valence-corrected chi connectivity index (χ1v) is 6.71. The third-order valence-electron chi connectivity index (χ3n) is 2.74. The van der Waals surface area contributed by atoms with Crippen LogP contribution in [0.5, 0.6) is 5.75 Å². The Balaban J connectivity index is 2.00. The third kappa shape index (κ3) is 3.89. The van der Waals surface area contributed by atoms with Crippen molar-refractivity contribution in [3.63, 3.8) is 0 Å². The highest BCUT2D eigenvalue weighted by atomic mass is 35.5. The largest absolute Gasteiger partial charge is 0.497 e. The number of rotatable bonds is 4.